The van der Waals surface area contributed by atoms with E-state index >= 15 is 0 Å². The van der Waals surface area contributed by atoms with Gasteiger partial charge in [0.2, 0.25) is 5.91 Å². The number of methoxy groups -OCH3 is 1. The van der Waals surface area contributed by atoms with Gasteiger partial charge in [-0.25, -0.2) is 22.4 Å². The number of nitrogens with one attached hydrogen (secondary N) is 1. The molecule has 0 radical (unpaired) electrons. The van der Waals surface area contributed by atoms with Crippen molar-refractivity contribution in [1.82, 2.24) is 9.78 Å². The second-order valence-corrected chi connectivity index (χ2v) is 7.58. The second kappa shape index (κ2) is 8.60. The highest BCUT2D eigenvalue weighted by Gasteiger charge is 2.27. The normalized spacial score (nSPS) is 12.6. The van der Waals surface area contributed by atoms with Gasteiger partial charge in [-0.3, -0.25) is 9.48 Å². The molecule has 0 aliphatic rings. The summed E-state index contributed by atoms with van der Waals surface area (Å²) in [5.74, 6) is -1.34. The maximum atomic E-state index is 13.2. The minimum Gasteiger partial charge on any atom is -0.465 e. The number of aromatic nitrogens is 2. The van der Waals surface area contributed by atoms with Gasteiger partial charge in [-0.05, 0) is 31.2 Å². The van der Waals surface area contributed by atoms with E-state index in [9.17, 15) is 27.2 Å². The molecule has 1 atom stereocenters. The van der Waals surface area contributed by atoms with E-state index in [1.807, 2.05) is 0 Å². The first-order chi connectivity index (χ1) is 14.1. The molecule has 30 heavy (non-hydrogen) atoms. The number of halogens is 5. The van der Waals surface area contributed by atoms with Crippen LogP contribution in [0.1, 0.15) is 46.9 Å². The molecule has 12 heteroatoms. The zero-order valence-corrected chi connectivity index (χ0v) is 17.0. The number of alkyl halides is 4. The molecule has 0 fully saturated rings. The Kier molecular flexibility index (Phi) is 6.32. The van der Waals surface area contributed by atoms with Gasteiger partial charge in [0, 0.05) is 15.8 Å². The minimum absolute atomic E-state index is 0.198. The number of nitrogens with zero attached hydrogens (tertiary/aromatic N) is 2. The average Bonchev–Trinajstić information content (AvgIpc) is 3.29. The number of fused-ring (bicyclic) bond motifs is 1. The predicted molar refractivity (Wildman–Crippen MR) is 104 cm³/mol. The Morgan fingerprint density at radius 3 is 2.50 bits per heavy atom. The predicted octanol–water partition coefficient (Wildman–Crippen LogP) is 5.61. The summed E-state index contributed by atoms with van der Waals surface area (Å²) in [6.07, 6.45) is -6.13. The number of amides is 1. The molecular formula is C18H14ClF4N3O3S. The Bertz CT molecular complexity index is 1120. The van der Waals surface area contributed by atoms with Crippen molar-refractivity contribution in [3.63, 3.8) is 0 Å². The monoisotopic (exact) mass is 463 g/mol. The maximum absolute atomic E-state index is 13.2. The van der Waals surface area contributed by atoms with Crippen molar-refractivity contribution in [2.24, 2.45) is 0 Å². The SMILES string of the molecule is COC(=O)c1sc2cc(NC(=O)C(C)n3nc(C(F)F)cc3C(F)F)ccc2c1Cl. The fourth-order valence-electron chi connectivity index (χ4n) is 2.73. The molecule has 0 saturated heterocycles. The first kappa shape index (κ1) is 22.0. The van der Waals surface area contributed by atoms with E-state index in [-0.39, 0.29) is 9.90 Å². The molecule has 0 aliphatic heterocycles. The van der Waals surface area contributed by atoms with Crippen LogP contribution in [0.15, 0.2) is 24.3 Å². The number of carbonyl (C=O) groups is 2. The standard InChI is InChI=1S/C18H14ClF4N3O3S/c1-7(26-11(16(22)23)6-10(25-26)15(20)21)17(27)24-8-3-4-9-12(5-8)30-14(13(9)19)18(28)29-2/h3-7,15-16H,1-2H3,(H,24,27). The summed E-state index contributed by atoms with van der Waals surface area (Å²) in [7, 11) is 1.22. The number of benzene rings is 1. The van der Waals surface area contributed by atoms with E-state index < -0.39 is 42.2 Å². The van der Waals surface area contributed by atoms with E-state index in [1.54, 1.807) is 12.1 Å². The zero-order valence-electron chi connectivity index (χ0n) is 15.5. The summed E-state index contributed by atoms with van der Waals surface area (Å²) in [4.78, 5) is 24.5. The Morgan fingerprint density at radius 2 is 1.90 bits per heavy atom. The fraction of sp³-hybridized carbons (Fsp3) is 0.278. The van der Waals surface area contributed by atoms with Gasteiger partial charge in [0.15, 0.2) is 0 Å². The van der Waals surface area contributed by atoms with Crippen LogP contribution >= 0.6 is 22.9 Å². The van der Waals surface area contributed by atoms with Crippen LogP contribution in [0.3, 0.4) is 0 Å². The molecule has 3 rings (SSSR count). The van der Waals surface area contributed by atoms with E-state index in [4.69, 9.17) is 11.6 Å². The van der Waals surface area contributed by atoms with Crippen molar-refractivity contribution in [2.45, 2.75) is 25.8 Å². The highest BCUT2D eigenvalue weighted by atomic mass is 35.5. The summed E-state index contributed by atoms with van der Waals surface area (Å²) in [6.45, 7) is 1.26. The van der Waals surface area contributed by atoms with Crippen LogP contribution < -0.4 is 5.32 Å². The van der Waals surface area contributed by atoms with E-state index in [2.05, 4.69) is 15.2 Å². The van der Waals surface area contributed by atoms with Crippen LogP contribution in [0.4, 0.5) is 23.2 Å². The van der Waals surface area contributed by atoms with Crippen molar-refractivity contribution in [1.29, 1.82) is 0 Å². The Morgan fingerprint density at radius 1 is 1.20 bits per heavy atom. The number of hydrogen-bond acceptors (Lipinski definition) is 5. The zero-order chi connectivity index (χ0) is 22.2. The van der Waals surface area contributed by atoms with Gasteiger partial charge in [0.05, 0.1) is 12.1 Å². The van der Waals surface area contributed by atoms with Gasteiger partial charge in [-0.1, -0.05) is 11.6 Å². The highest BCUT2D eigenvalue weighted by molar-refractivity contribution is 7.21. The molecule has 0 spiro atoms. The number of thiophene rings is 1. The number of esters is 1. The maximum Gasteiger partial charge on any atom is 0.349 e. The molecule has 0 saturated carbocycles. The first-order valence-electron chi connectivity index (χ1n) is 8.40. The summed E-state index contributed by atoms with van der Waals surface area (Å²) in [5.41, 5.74) is -1.32. The Labute approximate surface area is 176 Å². The molecular weight excluding hydrogens is 450 g/mol. The molecule has 0 aliphatic carbocycles. The largest absolute Gasteiger partial charge is 0.465 e. The van der Waals surface area contributed by atoms with Gasteiger partial charge in [0.1, 0.15) is 22.3 Å². The number of ether oxygens (including phenoxy) is 1. The first-order valence-corrected chi connectivity index (χ1v) is 9.60. The van der Waals surface area contributed by atoms with Crippen molar-refractivity contribution >= 4 is 50.6 Å². The topological polar surface area (TPSA) is 73.2 Å². The van der Waals surface area contributed by atoms with Crippen LogP contribution in [0, 0.1) is 0 Å². The van der Waals surface area contributed by atoms with Crippen molar-refractivity contribution in [2.75, 3.05) is 12.4 Å². The quantitative estimate of drug-likeness (QED) is 0.381. The second-order valence-electron chi connectivity index (χ2n) is 6.15. The molecule has 1 amide bonds. The number of carbonyl (C=O) groups excluding carboxylic acids is 2. The molecule has 1 aromatic carbocycles. The van der Waals surface area contributed by atoms with Gasteiger partial charge in [0.25, 0.3) is 12.9 Å². The molecule has 1 unspecified atom stereocenters. The van der Waals surface area contributed by atoms with E-state index in [0.29, 0.717) is 26.5 Å². The van der Waals surface area contributed by atoms with Gasteiger partial charge >= 0.3 is 5.97 Å². The third kappa shape index (κ3) is 4.12. The third-order valence-electron chi connectivity index (χ3n) is 4.24. The van der Waals surface area contributed by atoms with Crippen LogP contribution in [0.2, 0.25) is 5.02 Å². The van der Waals surface area contributed by atoms with Crippen LogP contribution in [-0.4, -0.2) is 28.8 Å². The Hall–Kier alpha value is -2.66. The minimum atomic E-state index is -3.08. The summed E-state index contributed by atoms with van der Waals surface area (Å²) in [6, 6.07) is 3.93. The van der Waals surface area contributed by atoms with Crippen LogP contribution in [0.5, 0.6) is 0 Å². The van der Waals surface area contributed by atoms with Gasteiger partial charge in [-0.15, -0.1) is 11.3 Å². The number of rotatable bonds is 6. The lowest BCUT2D eigenvalue weighted by atomic mass is 10.2. The summed E-state index contributed by atoms with van der Waals surface area (Å²) >= 11 is 7.23. The number of anilines is 1. The molecule has 6 nitrogen and oxygen atoms in total. The molecule has 2 aromatic heterocycles. The lowest BCUT2D eigenvalue weighted by Crippen LogP contribution is -2.26. The molecule has 1 N–H and O–H groups in total. The molecule has 3 aromatic rings. The molecule has 0 bridgehead atoms. The number of hydrogen-bond donors (Lipinski definition) is 1. The van der Waals surface area contributed by atoms with Crippen molar-refractivity contribution in [3.05, 3.63) is 45.6 Å². The van der Waals surface area contributed by atoms with E-state index in [1.165, 1.54) is 20.1 Å². The van der Waals surface area contributed by atoms with Crippen LogP contribution in [-0.2, 0) is 9.53 Å². The highest BCUT2D eigenvalue weighted by Crippen LogP contribution is 2.37. The lowest BCUT2D eigenvalue weighted by molar-refractivity contribution is -0.119. The van der Waals surface area contributed by atoms with Gasteiger partial charge in [-0.2, -0.15) is 5.10 Å². The summed E-state index contributed by atoms with van der Waals surface area (Å²) < 4.78 is 57.9. The third-order valence-corrected chi connectivity index (χ3v) is 5.88. The van der Waals surface area contributed by atoms with E-state index in [0.717, 1.165) is 11.3 Å². The summed E-state index contributed by atoms with van der Waals surface area (Å²) in [5, 5.41) is 6.76. The molecule has 160 valence electrons. The van der Waals surface area contributed by atoms with Crippen LogP contribution in [0.25, 0.3) is 10.1 Å². The van der Waals surface area contributed by atoms with Crippen molar-refractivity contribution in [3.8, 4) is 0 Å². The molecule has 2 heterocycles. The lowest BCUT2D eigenvalue weighted by Gasteiger charge is -2.15. The van der Waals surface area contributed by atoms with Gasteiger partial charge < -0.3 is 10.1 Å². The van der Waals surface area contributed by atoms with Crippen molar-refractivity contribution < 1.29 is 31.9 Å². The fourth-order valence-corrected chi connectivity index (χ4v) is 4.20. The Balaban J connectivity index is 1.87. The average molecular weight is 464 g/mol. The smallest absolute Gasteiger partial charge is 0.349 e.